The Hall–Kier alpha value is -4.43. The molecule has 11 heteroatoms. The fourth-order valence-electron chi connectivity index (χ4n) is 4.16. The van der Waals surface area contributed by atoms with Crippen molar-refractivity contribution in [1.82, 2.24) is 24.4 Å². The summed E-state index contributed by atoms with van der Waals surface area (Å²) in [7, 11) is 0. The van der Waals surface area contributed by atoms with Crippen LogP contribution in [0.2, 0.25) is 0 Å². The van der Waals surface area contributed by atoms with Crippen molar-refractivity contribution in [2.45, 2.75) is 19.5 Å². The molecule has 0 atom stereocenters. The molecule has 3 aromatic heterocycles. The van der Waals surface area contributed by atoms with Gasteiger partial charge >= 0.3 is 0 Å². The second-order valence-corrected chi connectivity index (χ2v) is 8.12. The number of aliphatic hydroxyl groups excluding tert-OH is 1. The summed E-state index contributed by atoms with van der Waals surface area (Å²) in [6.45, 7) is 5.91. The molecular formula is C24H20F2N8O. The Bertz CT molecular complexity index is 1600. The molecule has 4 heterocycles. The van der Waals surface area contributed by atoms with E-state index in [4.69, 9.17) is 0 Å². The summed E-state index contributed by atoms with van der Waals surface area (Å²) >= 11 is 0. The number of aliphatic hydroxyl groups is 1. The third-order valence-corrected chi connectivity index (χ3v) is 5.84. The van der Waals surface area contributed by atoms with Crippen LogP contribution in [-0.2, 0) is 0 Å². The van der Waals surface area contributed by atoms with Crippen molar-refractivity contribution in [3.05, 3.63) is 69.6 Å². The molecule has 0 aliphatic carbocycles. The van der Waals surface area contributed by atoms with E-state index in [1.54, 1.807) is 24.0 Å². The number of β-amino-alcohol motifs (C(OH)–C–C–N with tert-alkyl or cyclic N) is 1. The lowest BCUT2D eigenvalue weighted by Crippen LogP contribution is -2.52. The quantitative estimate of drug-likeness (QED) is 0.439. The average molecular weight is 474 g/mol. The lowest BCUT2D eigenvalue weighted by atomic mass is 10.1. The molecule has 1 aliphatic rings. The highest BCUT2D eigenvalue weighted by Crippen LogP contribution is 2.32. The maximum atomic E-state index is 13.6. The summed E-state index contributed by atoms with van der Waals surface area (Å²) < 4.78 is 30.3. The molecule has 9 nitrogen and oxygen atoms in total. The van der Waals surface area contributed by atoms with E-state index in [9.17, 15) is 19.1 Å². The van der Waals surface area contributed by atoms with Crippen LogP contribution in [0.25, 0.3) is 23.6 Å². The first-order valence-electron chi connectivity index (χ1n) is 10.7. The van der Waals surface area contributed by atoms with Crippen LogP contribution in [0.1, 0.15) is 28.9 Å². The first-order valence-corrected chi connectivity index (χ1v) is 10.7. The van der Waals surface area contributed by atoms with Crippen LogP contribution in [0.4, 0.5) is 14.6 Å². The molecule has 176 valence electrons. The maximum absolute atomic E-state index is 13.6. The van der Waals surface area contributed by atoms with Crippen LogP contribution in [0, 0.1) is 18.3 Å². The van der Waals surface area contributed by atoms with Crippen molar-refractivity contribution in [2.24, 2.45) is 4.99 Å². The van der Waals surface area contributed by atoms with Crippen LogP contribution in [0.15, 0.2) is 41.7 Å². The number of halogens is 2. The van der Waals surface area contributed by atoms with Gasteiger partial charge in [0.2, 0.25) is 0 Å². The van der Waals surface area contributed by atoms with Crippen LogP contribution in [0.3, 0.4) is 0 Å². The summed E-state index contributed by atoms with van der Waals surface area (Å²) in [6, 6.07) is 9.32. The molecule has 1 aliphatic heterocycles. The number of aromatic nitrogens is 5. The Kier molecular flexibility index (Phi) is 5.58. The molecule has 1 saturated heterocycles. The second-order valence-electron chi connectivity index (χ2n) is 8.12. The first-order chi connectivity index (χ1) is 16.9. The molecular weight excluding hydrogens is 454 g/mol. The number of nitriles is 1. The fraction of sp³-hybridized carbons (Fsp3) is 0.208. The smallest absolute Gasteiger partial charge is 0.283 e. The Morgan fingerprint density at radius 1 is 1.31 bits per heavy atom. The Morgan fingerprint density at radius 3 is 2.74 bits per heavy atom. The SMILES string of the molecule is C=N/C=c1/cc(-n2cccn2)cc/c1=C\c1c(C)nc2c(C#N)c(C(F)F)nn2c1N1CC(O)C1. The van der Waals surface area contributed by atoms with Gasteiger partial charge in [0.25, 0.3) is 6.43 Å². The van der Waals surface area contributed by atoms with E-state index in [1.807, 2.05) is 47.5 Å². The molecule has 0 bridgehead atoms. The predicted octanol–water partition coefficient (Wildman–Crippen LogP) is 1.48. The van der Waals surface area contributed by atoms with Crippen LogP contribution >= 0.6 is 0 Å². The van der Waals surface area contributed by atoms with Gasteiger partial charge in [0.1, 0.15) is 23.1 Å². The zero-order valence-electron chi connectivity index (χ0n) is 18.7. The van der Waals surface area contributed by atoms with Crippen molar-refractivity contribution in [1.29, 1.82) is 5.26 Å². The number of rotatable bonds is 5. The highest BCUT2D eigenvalue weighted by Gasteiger charge is 2.32. The van der Waals surface area contributed by atoms with E-state index in [0.717, 1.165) is 16.1 Å². The van der Waals surface area contributed by atoms with E-state index in [-0.39, 0.29) is 11.2 Å². The third-order valence-electron chi connectivity index (χ3n) is 5.84. The maximum Gasteiger partial charge on any atom is 0.283 e. The van der Waals surface area contributed by atoms with Crippen molar-refractivity contribution in [3.8, 4) is 11.8 Å². The molecule has 0 unspecified atom stereocenters. The van der Waals surface area contributed by atoms with Gasteiger partial charge in [0.15, 0.2) is 5.65 Å². The largest absolute Gasteiger partial charge is 0.389 e. The minimum Gasteiger partial charge on any atom is -0.389 e. The number of aryl methyl sites for hydroxylation is 1. The summed E-state index contributed by atoms with van der Waals surface area (Å²) in [6.07, 6.45) is 3.51. The topological polar surface area (TPSA) is 108 Å². The third kappa shape index (κ3) is 3.83. The minimum atomic E-state index is -2.93. The zero-order chi connectivity index (χ0) is 24.7. The van der Waals surface area contributed by atoms with E-state index >= 15 is 0 Å². The van der Waals surface area contributed by atoms with Crippen LogP contribution in [-0.4, -0.2) is 55.4 Å². The van der Waals surface area contributed by atoms with Crippen molar-refractivity contribution < 1.29 is 13.9 Å². The summed E-state index contributed by atoms with van der Waals surface area (Å²) in [5.74, 6) is 0.481. The van der Waals surface area contributed by atoms with Gasteiger partial charge in [-0.2, -0.15) is 20.0 Å². The second kappa shape index (κ2) is 8.73. The van der Waals surface area contributed by atoms with Crippen molar-refractivity contribution in [3.63, 3.8) is 0 Å². The van der Waals surface area contributed by atoms with Gasteiger partial charge in [-0.15, -0.1) is 0 Å². The first kappa shape index (κ1) is 22.4. The van der Waals surface area contributed by atoms with E-state index in [2.05, 4.69) is 26.9 Å². The number of alkyl halides is 2. The van der Waals surface area contributed by atoms with Gasteiger partial charge in [-0.25, -0.2) is 18.4 Å². The normalized spacial score (nSPS) is 15.1. The van der Waals surface area contributed by atoms with E-state index in [1.165, 1.54) is 4.52 Å². The number of hydrogen-bond acceptors (Lipinski definition) is 7. The molecule has 0 amide bonds. The molecule has 5 rings (SSSR count). The summed E-state index contributed by atoms with van der Waals surface area (Å²) in [4.78, 5) is 10.2. The molecule has 0 spiro atoms. The van der Waals surface area contributed by atoms with Crippen molar-refractivity contribution >= 4 is 30.5 Å². The number of anilines is 1. The average Bonchev–Trinajstić information content (AvgIpc) is 3.47. The van der Waals surface area contributed by atoms with E-state index < -0.39 is 18.2 Å². The Labute approximate surface area is 198 Å². The van der Waals surface area contributed by atoms with Gasteiger partial charge < -0.3 is 10.0 Å². The van der Waals surface area contributed by atoms with Crippen molar-refractivity contribution in [2.75, 3.05) is 18.0 Å². The standard InChI is InChI=1S/C24H20F2N8O/c1-14-19(9-15-4-5-17(8-16(15)11-28-2)33-7-3-6-29-33)24(32-12-18(35)13-32)34-23(30-14)20(10-27)21(31-34)22(25)26/h3-9,11,18,22,35H,2,12-13H2,1H3/b15-9+,16-11-. The predicted molar refractivity (Wildman–Crippen MR) is 126 cm³/mol. The minimum absolute atomic E-state index is 0.0578. The van der Waals surface area contributed by atoms with Gasteiger partial charge in [0, 0.05) is 42.5 Å². The van der Waals surface area contributed by atoms with Gasteiger partial charge in [0.05, 0.1) is 17.5 Å². The molecule has 35 heavy (non-hydrogen) atoms. The highest BCUT2D eigenvalue weighted by molar-refractivity contribution is 5.73. The highest BCUT2D eigenvalue weighted by atomic mass is 19.3. The monoisotopic (exact) mass is 474 g/mol. The molecule has 0 saturated carbocycles. The number of benzene rings is 1. The van der Waals surface area contributed by atoms with Gasteiger partial charge in [-0.05, 0) is 43.1 Å². The number of aliphatic imine (C=N–C) groups is 1. The Morgan fingerprint density at radius 2 is 2.11 bits per heavy atom. The lowest BCUT2D eigenvalue weighted by molar-refractivity contribution is 0.139. The van der Waals surface area contributed by atoms with Gasteiger partial charge in [-0.3, -0.25) is 4.99 Å². The zero-order valence-corrected chi connectivity index (χ0v) is 18.7. The number of fused-ring (bicyclic) bond motifs is 1. The lowest BCUT2D eigenvalue weighted by Gasteiger charge is -2.38. The molecule has 1 aromatic carbocycles. The summed E-state index contributed by atoms with van der Waals surface area (Å²) in [5, 5.41) is 29.3. The van der Waals surface area contributed by atoms with Gasteiger partial charge in [-0.1, -0.05) is 6.07 Å². The Balaban J connectivity index is 1.79. The molecule has 4 aromatic rings. The molecule has 1 fully saturated rings. The van der Waals surface area contributed by atoms with Crippen LogP contribution in [0.5, 0.6) is 0 Å². The molecule has 1 N–H and O–H groups in total. The van der Waals surface area contributed by atoms with E-state index in [0.29, 0.717) is 30.2 Å². The fourth-order valence-corrected chi connectivity index (χ4v) is 4.16. The number of hydrogen-bond donors (Lipinski definition) is 1. The summed E-state index contributed by atoms with van der Waals surface area (Å²) in [5.41, 5.74) is 1.16. The number of nitrogens with zero attached hydrogens (tertiary/aromatic N) is 8. The van der Waals surface area contributed by atoms with Crippen LogP contribution < -0.4 is 15.3 Å². The molecule has 0 radical (unpaired) electrons.